The van der Waals surface area contributed by atoms with E-state index in [4.69, 9.17) is 0 Å². The van der Waals surface area contributed by atoms with Gasteiger partial charge in [0.05, 0.1) is 0 Å². The minimum absolute atomic E-state index is 0. The maximum Gasteiger partial charge on any atom is 0.241 e. The lowest BCUT2D eigenvalue weighted by atomic mass is 10.1. The molecule has 0 aromatic heterocycles. The lowest BCUT2D eigenvalue weighted by molar-refractivity contribution is -0.123. The molecule has 1 heterocycles. The maximum absolute atomic E-state index is 11.9. The number of carbonyl (C=O) groups excluding carboxylic acids is 1. The molecular weight excluding hydrogens is 264 g/mol. The van der Waals surface area contributed by atoms with Crippen LogP contribution in [0.25, 0.3) is 0 Å². The first-order chi connectivity index (χ1) is 7.25. The molecule has 1 rings (SSSR count). The summed E-state index contributed by atoms with van der Waals surface area (Å²) in [5.41, 5.74) is 0. The zero-order valence-corrected chi connectivity index (χ0v) is 12.1. The Morgan fingerprint density at radius 1 is 1.41 bits per heavy atom. The molecule has 2 N–H and O–H groups in total. The molecule has 7 heteroatoms. The number of hydrogen-bond acceptors (Lipinski definition) is 4. The van der Waals surface area contributed by atoms with E-state index < -0.39 is 20.5 Å². The van der Waals surface area contributed by atoms with Crippen molar-refractivity contribution in [2.24, 2.45) is 0 Å². The molecule has 1 saturated heterocycles. The minimum Gasteiger partial charge on any atom is -0.351 e. The van der Waals surface area contributed by atoms with Crippen molar-refractivity contribution in [1.29, 1.82) is 0 Å². The summed E-state index contributed by atoms with van der Waals surface area (Å²) < 4.78 is 21.6. The number of amides is 1. The molecule has 0 aliphatic carbocycles. The molecular formula is C10H21ClN2O3S. The molecule has 0 radical (unpaired) electrons. The van der Waals surface area contributed by atoms with Crippen molar-refractivity contribution in [2.45, 2.75) is 37.5 Å². The smallest absolute Gasteiger partial charge is 0.241 e. The number of piperidine rings is 1. The van der Waals surface area contributed by atoms with Crippen LogP contribution < -0.4 is 10.6 Å². The lowest BCUT2D eigenvalue weighted by Gasteiger charge is -2.28. The third kappa shape index (κ3) is 4.12. The second-order valence-corrected chi connectivity index (χ2v) is 7.36. The summed E-state index contributed by atoms with van der Waals surface area (Å²) in [6, 6.07) is 0.0438. The van der Waals surface area contributed by atoms with E-state index in [0.29, 0.717) is 6.54 Å². The van der Waals surface area contributed by atoms with Crippen molar-refractivity contribution < 1.29 is 13.2 Å². The van der Waals surface area contributed by atoms with Gasteiger partial charge in [-0.2, -0.15) is 0 Å². The Bertz CT molecular complexity index is 362. The number of carbonyl (C=O) groups is 1. The zero-order chi connectivity index (χ0) is 12.4. The van der Waals surface area contributed by atoms with E-state index in [-0.39, 0.29) is 18.4 Å². The van der Waals surface area contributed by atoms with Gasteiger partial charge in [-0.15, -0.1) is 12.4 Å². The Morgan fingerprint density at radius 3 is 2.41 bits per heavy atom. The molecule has 1 aliphatic heterocycles. The lowest BCUT2D eigenvalue weighted by Crippen LogP contribution is -2.54. The monoisotopic (exact) mass is 284 g/mol. The van der Waals surface area contributed by atoms with Gasteiger partial charge in [0.1, 0.15) is 4.75 Å². The van der Waals surface area contributed by atoms with Crippen molar-refractivity contribution in [3.8, 4) is 0 Å². The van der Waals surface area contributed by atoms with Gasteiger partial charge in [0.25, 0.3) is 0 Å². The van der Waals surface area contributed by atoms with Gasteiger partial charge in [0, 0.05) is 18.8 Å². The highest BCUT2D eigenvalue weighted by Crippen LogP contribution is 2.16. The first-order valence-corrected chi connectivity index (χ1v) is 7.35. The van der Waals surface area contributed by atoms with Crippen LogP contribution in [0.4, 0.5) is 0 Å². The van der Waals surface area contributed by atoms with Gasteiger partial charge in [-0.25, -0.2) is 8.42 Å². The Morgan fingerprint density at radius 2 is 2.00 bits per heavy atom. The molecule has 1 fully saturated rings. The van der Waals surface area contributed by atoms with Gasteiger partial charge in [-0.05, 0) is 33.2 Å². The fourth-order valence-corrected chi connectivity index (χ4v) is 1.90. The van der Waals surface area contributed by atoms with Crippen LogP contribution in [-0.2, 0) is 14.6 Å². The van der Waals surface area contributed by atoms with Crippen LogP contribution in [0.5, 0.6) is 0 Å². The van der Waals surface area contributed by atoms with Crippen molar-refractivity contribution in [1.82, 2.24) is 10.6 Å². The molecule has 0 aromatic rings. The summed E-state index contributed by atoms with van der Waals surface area (Å²) >= 11 is 0. The zero-order valence-electron chi connectivity index (χ0n) is 10.4. The van der Waals surface area contributed by atoms with Crippen LogP contribution in [0.2, 0.25) is 0 Å². The van der Waals surface area contributed by atoms with Gasteiger partial charge in [-0.1, -0.05) is 0 Å². The van der Waals surface area contributed by atoms with Gasteiger partial charge in [0.2, 0.25) is 5.91 Å². The molecule has 1 atom stereocenters. The van der Waals surface area contributed by atoms with Gasteiger partial charge < -0.3 is 10.6 Å². The number of halogens is 1. The topological polar surface area (TPSA) is 75.3 Å². The summed E-state index contributed by atoms with van der Waals surface area (Å²) in [5.74, 6) is -0.413. The second kappa shape index (κ2) is 6.02. The van der Waals surface area contributed by atoms with Crippen LogP contribution in [0.15, 0.2) is 0 Å². The molecule has 1 amide bonds. The third-order valence-electron chi connectivity index (χ3n) is 3.11. The normalized spacial score (nSPS) is 21.5. The first-order valence-electron chi connectivity index (χ1n) is 5.46. The molecule has 1 aliphatic rings. The van der Waals surface area contributed by atoms with E-state index in [0.717, 1.165) is 25.6 Å². The molecule has 0 saturated carbocycles. The van der Waals surface area contributed by atoms with Crippen LogP contribution >= 0.6 is 12.4 Å². The molecule has 5 nitrogen and oxygen atoms in total. The Hall–Kier alpha value is -0.330. The summed E-state index contributed by atoms with van der Waals surface area (Å²) in [7, 11) is -3.38. The summed E-state index contributed by atoms with van der Waals surface area (Å²) in [6.45, 7) is 4.55. The van der Waals surface area contributed by atoms with Crippen LogP contribution in [0.1, 0.15) is 26.7 Å². The molecule has 102 valence electrons. The van der Waals surface area contributed by atoms with E-state index in [1.807, 2.05) is 0 Å². The number of rotatable bonds is 3. The average Bonchev–Trinajstić information content (AvgIpc) is 2.17. The molecule has 17 heavy (non-hydrogen) atoms. The second-order valence-electron chi connectivity index (χ2n) is 4.80. The molecule has 0 unspecified atom stereocenters. The Labute approximate surface area is 109 Å². The van der Waals surface area contributed by atoms with E-state index in [1.54, 1.807) is 0 Å². The van der Waals surface area contributed by atoms with Crippen LogP contribution in [0.3, 0.4) is 0 Å². The number of hydrogen-bond donors (Lipinski definition) is 2. The maximum atomic E-state index is 11.9. The van der Waals surface area contributed by atoms with Crippen molar-refractivity contribution in [2.75, 3.05) is 19.3 Å². The van der Waals surface area contributed by atoms with Crippen molar-refractivity contribution in [3.05, 3.63) is 0 Å². The largest absolute Gasteiger partial charge is 0.351 e. The van der Waals surface area contributed by atoms with E-state index >= 15 is 0 Å². The van der Waals surface area contributed by atoms with Crippen LogP contribution in [0, 0.1) is 0 Å². The standard InChI is InChI=1S/C10H20N2O3S.ClH/c1-10(2,16(3,14)15)9(13)12-8-5-4-6-11-7-8;/h8,11H,4-7H2,1-3H3,(H,12,13);1H/t8-;/m1./s1. The third-order valence-corrected chi connectivity index (χ3v) is 5.15. The Balaban J connectivity index is 0.00000256. The fraction of sp³-hybridized carbons (Fsp3) is 0.900. The highest BCUT2D eigenvalue weighted by molar-refractivity contribution is 7.92. The number of sulfone groups is 1. The summed E-state index contributed by atoms with van der Waals surface area (Å²) in [6.07, 6.45) is 2.99. The van der Waals surface area contributed by atoms with E-state index in [9.17, 15) is 13.2 Å². The first kappa shape index (κ1) is 16.7. The SMILES string of the molecule is CC(C)(C(=O)N[C@@H]1CCCNC1)S(C)(=O)=O.Cl. The molecule has 0 spiro atoms. The van der Waals surface area contributed by atoms with Gasteiger partial charge in [-0.3, -0.25) is 4.79 Å². The molecule has 0 aromatic carbocycles. The Kier molecular flexibility index (Phi) is 5.90. The number of nitrogens with one attached hydrogen (secondary N) is 2. The minimum atomic E-state index is -3.38. The van der Waals surface area contributed by atoms with Crippen LogP contribution in [-0.4, -0.2) is 44.5 Å². The fourth-order valence-electron chi connectivity index (χ4n) is 1.50. The van der Waals surface area contributed by atoms with Gasteiger partial charge in [0.15, 0.2) is 9.84 Å². The highest BCUT2D eigenvalue weighted by Gasteiger charge is 2.39. The quantitative estimate of drug-likeness (QED) is 0.771. The highest BCUT2D eigenvalue weighted by atomic mass is 35.5. The van der Waals surface area contributed by atoms with Crippen molar-refractivity contribution >= 4 is 28.2 Å². The average molecular weight is 285 g/mol. The van der Waals surface area contributed by atoms with E-state index in [1.165, 1.54) is 13.8 Å². The summed E-state index contributed by atoms with van der Waals surface area (Å²) in [5, 5.41) is 5.95. The predicted molar refractivity (Wildman–Crippen MR) is 70.2 cm³/mol. The van der Waals surface area contributed by atoms with Crippen molar-refractivity contribution in [3.63, 3.8) is 0 Å². The predicted octanol–water partition coefficient (Wildman–Crippen LogP) is 0.0996. The van der Waals surface area contributed by atoms with E-state index in [2.05, 4.69) is 10.6 Å². The summed E-state index contributed by atoms with van der Waals surface area (Å²) in [4.78, 5) is 11.9. The van der Waals surface area contributed by atoms with Gasteiger partial charge >= 0.3 is 0 Å². The molecule has 0 bridgehead atoms.